The summed E-state index contributed by atoms with van der Waals surface area (Å²) in [5.74, 6) is 0. The molecule has 0 aliphatic carbocycles. The predicted octanol–water partition coefficient (Wildman–Crippen LogP) is 3.30. The second-order valence-electron chi connectivity index (χ2n) is 4.23. The van der Waals surface area contributed by atoms with Gasteiger partial charge in [-0.1, -0.05) is 48.1 Å². The highest BCUT2D eigenvalue weighted by atomic mass is 32.2. The van der Waals surface area contributed by atoms with Crippen molar-refractivity contribution >= 4 is 17.1 Å². The van der Waals surface area contributed by atoms with E-state index in [9.17, 15) is 9.90 Å². The largest absolute Gasteiger partial charge is 0.373 e. The van der Waals surface area contributed by atoms with Crippen molar-refractivity contribution in [1.82, 2.24) is 4.72 Å². The van der Waals surface area contributed by atoms with Gasteiger partial charge in [0.25, 0.3) is 0 Å². The molecule has 2 N–H and O–H groups in total. The molecule has 19 heavy (non-hydrogen) atoms. The average molecular weight is 277 g/mol. The Morgan fingerprint density at radius 1 is 1.32 bits per heavy atom. The normalized spacial score (nSPS) is 12.4. The summed E-state index contributed by atoms with van der Waals surface area (Å²) in [5, 5.41) is 9.90. The van der Waals surface area contributed by atoms with E-state index in [-0.39, 0.29) is 5.12 Å². The molecule has 0 aromatic heterocycles. The molecule has 0 heterocycles. The Balaban J connectivity index is 2.62. The van der Waals surface area contributed by atoms with Crippen molar-refractivity contribution in [3.05, 3.63) is 59.2 Å². The zero-order valence-corrected chi connectivity index (χ0v) is 12.2. The highest BCUT2D eigenvalue weighted by Crippen LogP contribution is 2.14. The molecule has 0 saturated carbocycles. The SMILES string of the molecule is CC=CC(=C(C)C)C(O)NSC(=O)c1ccccc1. The Morgan fingerprint density at radius 2 is 1.95 bits per heavy atom. The maximum atomic E-state index is 11.9. The Kier molecular flexibility index (Phi) is 6.56. The molecule has 0 aliphatic heterocycles. The van der Waals surface area contributed by atoms with E-state index in [1.54, 1.807) is 12.1 Å². The molecule has 0 spiro atoms. The van der Waals surface area contributed by atoms with Gasteiger partial charge in [-0.05, 0) is 26.3 Å². The third kappa shape index (κ3) is 5.03. The van der Waals surface area contributed by atoms with Crippen molar-refractivity contribution in [1.29, 1.82) is 0 Å². The van der Waals surface area contributed by atoms with Crippen molar-refractivity contribution in [2.75, 3.05) is 0 Å². The molecule has 0 radical (unpaired) electrons. The second kappa shape index (κ2) is 7.94. The summed E-state index contributed by atoms with van der Waals surface area (Å²) in [5.41, 5.74) is 2.39. The number of benzene rings is 1. The van der Waals surface area contributed by atoms with Gasteiger partial charge in [0.15, 0.2) is 0 Å². The fraction of sp³-hybridized carbons (Fsp3) is 0.267. The van der Waals surface area contributed by atoms with Crippen LogP contribution in [0.25, 0.3) is 0 Å². The summed E-state index contributed by atoms with van der Waals surface area (Å²) in [6.45, 7) is 5.73. The zero-order valence-electron chi connectivity index (χ0n) is 11.4. The fourth-order valence-corrected chi connectivity index (χ4v) is 2.12. The Bertz CT molecular complexity index is 476. The monoisotopic (exact) mass is 277 g/mol. The third-order valence-corrected chi connectivity index (χ3v) is 3.25. The van der Waals surface area contributed by atoms with Crippen LogP contribution in [0.2, 0.25) is 0 Å². The summed E-state index contributed by atoms with van der Waals surface area (Å²) in [4.78, 5) is 11.9. The average Bonchev–Trinajstić information content (AvgIpc) is 2.42. The van der Waals surface area contributed by atoms with Crippen LogP contribution in [-0.2, 0) is 0 Å². The van der Waals surface area contributed by atoms with Crippen LogP contribution in [0, 0.1) is 0 Å². The molecule has 0 aliphatic rings. The van der Waals surface area contributed by atoms with Crippen molar-refractivity contribution in [3.63, 3.8) is 0 Å². The first-order chi connectivity index (χ1) is 9.06. The summed E-state index contributed by atoms with van der Waals surface area (Å²) in [6.07, 6.45) is 2.83. The van der Waals surface area contributed by atoms with E-state index >= 15 is 0 Å². The minimum Gasteiger partial charge on any atom is -0.373 e. The van der Waals surface area contributed by atoms with Crippen molar-refractivity contribution in [2.45, 2.75) is 27.0 Å². The number of carbonyl (C=O) groups excluding carboxylic acids is 1. The van der Waals surface area contributed by atoms with Gasteiger partial charge >= 0.3 is 0 Å². The van der Waals surface area contributed by atoms with Gasteiger partial charge in [0, 0.05) is 17.5 Å². The van der Waals surface area contributed by atoms with Gasteiger partial charge in [0.05, 0.1) is 0 Å². The van der Waals surface area contributed by atoms with Gasteiger partial charge in [0.1, 0.15) is 6.23 Å². The smallest absolute Gasteiger partial charge is 0.234 e. The first-order valence-corrected chi connectivity index (χ1v) is 6.87. The van der Waals surface area contributed by atoms with Crippen LogP contribution >= 0.6 is 11.9 Å². The minimum atomic E-state index is -0.862. The lowest BCUT2D eigenvalue weighted by Crippen LogP contribution is -2.26. The van der Waals surface area contributed by atoms with Crippen molar-refractivity contribution in [3.8, 4) is 0 Å². The van der Waals surface area contributed by atoms with Crippen molar-refractivity contribution < 1.29 is 9.90 Å². The lowest BCUT2D eigenvalue weighted by molar-refractivity contribution is 0.108. The van der Waals surface area contributed by atoms with Crippen LogP contribution in [0.4, 0.5) is 0 Å². The van der Waals surface area contributed by atoms with Gasteiger partial charge in [-0.25, -0.2) is 4.72 Å². The van der Waals surface area contributed by atoms with E-state index in [1.807, 2.05) is 51.1 Å². The first kappa shape index (κ1) is 15.7. The molecule has 3 nitrogen and oxygen atoms in total. The third-order valence-electron chi connectivity index (χ3n) is 2.49. The molecule has 1 aromatic carbocycles. The van der Waals surface area contributed by atoms with Crippen LogP contribution in [0.5, 0.6) is 0 Å². The van der Waals surface area contributed by atoms with E-state index in [4.69, 9.17) is 0 Å². The molecule has 1 rings (SSSR count). The second-order valence-corrected chi connectivity index (χ2v) is 5.04. The number of hydrogen-bond acceptors (Lipinski definition) is 4. The van der Waals surface area contributed by atoms with Crippen LogP contribution < -0.4 is 4.72 Å². The molecule has 1 unspecified atom stereocenters. The molecule has 1 atom stereocenters. The summed E-state index contributed by atoms with van der Waals surface area (Å²) >= 11 is 0.902. The zero-order chi connectivity index (χ0) is 14.3. The lowest BCUT2D eigenvalue weighted by Gasteiger charge is -2.14. The Labute approximate surface area is 118 Å². The fourth-order valence-electron chi connectivity index (χ4n) is 1.52. The molecule has 1 aromatic rings. The summed E-state index contributed by atoms with van der Waals surface area (Å²) in [6, 6.07) is 8.97. The number of allylic oxidation sites excluding steroid dienone is 2. The van der Waals surface area contributed by atoms with Gasteiger partial charge in [-0.2, -0.15) is 0 Å². The molecule has 0 bridgehead atoms. The molecular weight excluding hydrogens is 258 g/mol. The minimum absolute atomic E-state index is 0.117. The van der Waals surface area contributed by atoms with Gasteiger partial charge in [0.2, 0.25) is 5.12 Å². The topological polar surface area (TPSA) is 49.3 Å². The van der Waals surface area contributed by atoms with Crippen molar-refractivity contribution in [2.24, 2.45) is 0 Å². The number of rotatable bonds is 5. The molecule has 102 valence electrons. The highest BCUT2D eigenvalue weighted by Gasteiger charge is 2.13. The summed E-state index contributed by atoms with van der Waals surface area (Å²) < 4.78 is 2.76. The van der Waals surface area contributed by atoms with Crippen LogP contribution in [0.15, 0.2) is 53.6 Å². The van der Waals surface area contributed by atoms with E-state index in [0.29, 0.717) is 5.56 Å². The predicted molar refractivity (Wildman–Crippen MR) is 80.7 cm³/mol. The van der Waals surface area contributed by atoms with E-state index in [2.05, 4.69) is 4.72 Å². The number of carbonyl (C=O) groups is 1. The van der Waals surface area contributed by atoms with E-state index in [0.717, 1.165) is 23.1 Å². The first-order valence-electron chi connectivity index (χ1n) is 6.06. The van der Waals surface area contributed by atoms with Crippen LogP contribution in [-0.4, -0.2) is 16.4 Å². The number of nitrogens with one attached hydrogen (secondary N) is 1. The van der Waals surface area contributed by atoms with Crippen LogP contribution in [0.3, 0.4) is 0 Å². The number of aliphatic hydroxyl groups excluding tert-OH is 1. The highest BCUT2D eigenvalue weighted by molar-refractivity contribution is 8.12. The van der Waals surface area contributed by atoms with Crippen LogP contribution in [0.1, 0.15) is 31.1 Å². The standard InChI is InChI=1S/C15H19NO2S/c1-4-8-13(11(2)3)14(17)16-19-15(18)12-9-6-5-7-10-12/h4-10,14,16-17H,1-3H3. The van der Waals surface area contributed by atoms with Gasteiger partial charge in [-0.3, -0.25) is 4.79 Å². The number of aliphatic hydroxyl groups is 1. The lowest BCUT2D eigenvalue weighted by atomic mass is 10.1. The summed E-state index contributed by atoms with van der Waals surface area (Å²) in [7, 11) is 0. The maximum absolute atomic E-state index is 11.9. The van der Waals surface area contributed by atoms with Gasteiger partial charge < -0.3 is 5.11 Å². The molecular formula is C15H19NO2S. The Hall–Kier alpha value is -1.36. The maximum Gasteiger partial charge on any atom is 0.234 e. The Morgan fingerprint density at radius 3 is 2.47 bits per heavy atom. The van der Waals surface area contributed by atoms with E-state index < -0.39 is 6.23 Å². The molecule has 0 fully saturated rings. The van der Waals surface area contributed by atoms with Gasteiger partial charge in [-0.15, -0.1) is 0 Å². The number of hydrogen-bond donors (Lipinski definition) is 2. The molecule has 0 saturated heterocycles. The quantitative estimate of drug-likeness (QED) is 0.492. The van der Waals surface area contributed by atoms with E-state index in [1.165, 1.54) is 0 Å². The molecule has 4 heteroatoms. The molecule has 0 amide bonds.